The van der Waals surface area contributed by atoms with Crippen molar-refractivity contribution < 1.29 is 31.5 Å². The number of anilines is 1. The van der Waals surface area contributed by atoms with Crippen molar-refractivity contribution >= 4 is 41.7 Å². The molecule has 2 amide bonds. The van der Waals surface area contributed by atoms with E-state index in [1.54, 1.807) is 18.2 Å². The van der Waals surface area contributed by atoms with Gasteiger partial charge in [0.15, 0.2) is 0 Å². The van der Waals surface area contributed by atoms with Crippen molar-refractivity contribution in [1.29, 1.82) is 0 Å². The Kier molecular flexibility index (Phi) is 15.6. The van der Waals surface area contributed by atoms with Crippen molar-refractivity contribution in [3.8, 4) is 0 Å². The van der Waals surface area contributed by atoms with Crippen LogP contribution >= 0.6 is 24.2 Å². The molecule has 0 saturated carbocycles. The molecular weight excluding hydrogens is 575 g/mol. The van der Waals surface area contributed by atoms with Gasteiger partial charge in [0.05, 0.1) is 28.9 Å². The Morgan fingerprint density at radius 3 is 2.20 bits per heavy atom. The first-order chi connectivity index (χ1) is 18.7. The number of amides is 2. The highest BCUT2D eigenvalue weighted by Gasteiger charge is 2.34. The number of likely N-dealkylation sites (tertiary alicyclic amines) is 2. The summed E-state index contributed by atoms with van der Waals surface area (Å²) in [7, 11) is 0. The number of thiol groups is 1. The molecule has 226 valence electrons. The summed E-state index contributed by atoms with van der Waals surface area (Å²) in [5.74, 6) is -0.257. The lowest BCUT2D eigenvalue weighted by atomic mass is 9.97. The Labute approximate surface area is 243 Å². The number of piperidine rings is 1. The molecule has 2 heterocycles. The zero-order chi connectivity index (χ0) is 30.5. The van der Waals surface area contributed by atoms with Gasteiger partial charge in [-0.25, -0.2) is 8.78 Å². The molecule has 0 aromatic heterocycles. The molecule has 6 nitrogen and oxygen atoms in total. The van der Waals surface area contributed by atoms with E-state index in [1.807, 2.05) is 11.8 Å². The van der Waals surface area contributed by atoms with E-state index in [2.05, 4.69) is 41.3 Å². The topological polar surface area (TPSA) is 64.7 Å². The van der Waals surface area contributed by atoms with Crippen molar-refractivity contribution in [1.82, 2.24) is 15.1 Å². The maximum absolute atomic E-state index is 12.2. The highest BCUT2D eigenvalue weighted by molar-refractivity contribution is 7.81. The molecule has 0 bridgehead atoms. The number of nitrogens with zero attached hydrogens (tertiary/aromatic N) is 2. The lowest BCUT2D eigenvalue weighted by Gasteiger charge is -2.47. The van der Waals surface area contributed by atoms with Crippen molar-refractivity contribution in [2.45, 2.75) is 57.8 Å². The number of benzene rings is 1. The van der Waals surface area contributed by atoms with Gasteiger partial charge in [-0.05, 0) is 38.0 Å². The van der Waals surface area contributed by atoms with Crippen LogP contribution in [-0.4, -0.2) is 84.8 Å². The monoisotopic (exact) mass is 612 g/mol. The summed E-state index contributed by atoms with van der Waals surface area (Å²) in [5, 5.41) is 5.76. The summed E-state index contributed by atoms with van der Waals surface area (Å²) >= 11 is 10.2. The first kappa shape index (κ1) is 35.7. The molecule has 2 aliphatic heterocycles. The second kappa shape index (κ2) is 17.5. The van der Waals surface area contributed by atoms with Crippen molar-refractivity contribution in [2.24, 2.45) is 0 Å². The average molecular weight is 613 g/mol. The third kappa shape index (κ3) is 13.4. The van der Waals surface area contributed by atoms with Crippen LogP contribution in [0.1, 0.15) is 43.5 Å². The van der Waals surface area contributed by atoms with E-state index in [4.69, 9.17) is 11.6 Å². The van der Waals surface area contributed by atoms with Gasteiger partial charge >= 0.3 is 6.18 Å². The van der Waals surface area contributed by atoms with Crippen LogP contribution < -0.4 is 10.6 Å². The molecule has 1 aromatic rings. The van der Waals surface area contributed by atoms with E-state index in [0.717, 1.165) is 57.2 Å². The Morgan fingerprint density at radius 2 is 1.77 bits per heavy atom. The second-order valence-electron chi connectivity index (χ2n) is 9.38. The van der Waals surface area contributed by atoms with Gasteiger partial charge in [0, 0.05) is 44.3 Å². The molecule has 2 saturated heterocycles. The predicted molar refractivity (Wildman–Crippen MR) is 154 cm³/mol. The van der Waals surface area contributed by atoms with Crippen LogP contribution in [0.25, 0.3) is 0 Å². The molecule has 0 aliphatic carbocycles. The molecular formula is C27H38ClF5N4O2S. The van der Waals surface area contributed by atoms with Crippen LogP contribution in [0.5, 0.6) is 0 Å². The molecule has 13 heteroatoms. The lowest BCUT2D eigenvalue weighted by Crippen LogP contribution is -2.60. The zero-order valence-corrected chi connectivity index (χ0v) is 24.4. The number of halogens is 6. The number of carbonyl (C=O) groups is 2. The third-order valence-electron chi connectivity index (χ3n) is 6.13. The molecule has 1 aromatic carbocycles. The number of rotatable bonds is 8. The number of allylic oxidation sites excluding steroid dienone is 2. The van der Waals surface area contributed by atoms with Gasteiger partial charge in [0.2, 0.25) is 5.91 Å². The largest absolute Gasteiger partial charge is 0.388 e. The molecule has 2 fully saturated rings. The van der Waals surface area contributed by atoms with Gasteiger partial charge in [0.1, 0.15) is 0 Å². The van der Waals surface area contributed by atoms with Crippen LogP contribution in [0.2, 0.25) is 5.02 Å². The van der Waals surface area contributed by atoms with Crippen molar-refractivity contribution in [3.05, 3.63) is 53.6 Å². The molecule has 0 radical (unpaired) electrons. The predicted octanol–water partition coefficient (Wildman–Crippen LogP) is 6.06. The summed E-state index contributed by atoms with van der Waals surface area (Å²) in [6.45, 7) is 12.7. The van der Waals surface area contributed by atoms with Gasteiger partial charge < -0.3 is 15.5 Å². The molecule has 0 unspecified atom stereocenters. The van der Waals surface area contributed by atoms with E-state index in [1.165, 1.54) is 6.07 Å². The van der Waals surface area contributed by atoms with Crippen LogP contribution in [0.15, 0.2) is 43.0 Å². The maximum Gasteiger partial charge on any atom is 0.388 e. The Bertz CT molecular complexity index is 982. The maximum atomic E-state index is 12.2. The fourth-order valence-electron chi connectivity index (χ4n) is 3.77. The molecule has 2 aliphatic rings. The minimum Gasteiger partial charge on any atom is -0.380 e. The SMILES string of the molecule is C=CC(=C)C.CCC(F)(F)F.O=C(NCC(F)F)c1ccc(NC2CN(C3CCN(C(=O)CS)CC3)C2)cc1Cl. The summed E-state index contributed by atoms with van der Waals surface area (Å²) in [5.41, 5.74) is 1.99. The Hall–Kier alpha value is -2.31. The Morgan fingerprint density at radius 1 is 1.23 bits per heavy atom. The van der Waals surface area contributed by atoms with Crippen LogP contribution in [0, 0.1) is 0 Å². The van der Waals surface area contributed by atoms with Gasteiger partial charge in [-0.1, -0.05) is 43.3 Å². The average Bonchev–Trinajstić information content (AvgIpc) is 2.89. The summed E-state index contributed by atoms with van der Waals surface area (Å²) in [4.78, 5) is 27.9. The quantitative estimate of drug-likeness (QED) is 0.190. The zero-order valence-electron chi connectivity index (χ0n) is 22.7. The Balaban J connectivity index is 0.000000616. The smallest absolute Gasteiger partial charge is 0.380 e. The van der Waals surface area contributed by atoms with Gasteiger partial charge in [-0.15, -0.1) is 0 Å². The minimum atomic E-state index is -3.96. The third-order valence-corrected chi connectivity index (χ3v) is 6.71. The first-order valence-corrected chi connectivity index (χ1v) is 13.8. The lowest BCUT2D eigenvalue weighted by molar-refractivity contribution is -0.131. The number of alkyl halides is 5. The van der Waals surface area contributed by atoms with Gasteiger partial charge in [-0.2, -0.15) is 25.8 Å². The highest BCUT2D eigenvalue weighted by Crippen LogP contribution is 2.26. The van der Waals surface area contributed by atoms with Crippen molar-refractivity contribution in [3.63, 3.8) is 0 Å². The second-order valence-corrected chi connectivity index (χ2v) is 10.1. The van der Waals surface area contributed by atoms with Crippen LogP contribution in [0.4, 0.5) is 27.6 Å². The van der Waals surface area contributed by atoms with Gasteiger partial charge in [-0.3, -0.25) is 14.5 Å². The van der Waals surface area contributed by atoms with E-state index < -0.39 is 31.5 Å². The summed E-state index contributed by atoms with van der Waals surface area (Å²) < 4.78 is 56.8. The number of carbonyl (C=O) groups excluding carboxylic acids is 2. The van der Waals surface area contributed by atoms with Gasteiger partial charge in [0.25, 0.3) is 12.3 Å². The van der Waals surface area contributed by atoms with Crippen LogP contribution in [0.3, 0.4) is 0 Å². The molecule has 3 rings (SSSR count). The summed E-state index contributed by atoms with van der Waals surface area (Å²) in [6.07, 6.45) is -3.62. The summed E-state index contributed by atoms with van der Waals surface area (Å²) in [6, 6.07) is 5.68. The molecule has 0 spiro atoms. The number of hydrogen-bond donors (Lipinski definition) is 3. The van der Waals surface area contributed by atoms with E-state index >= 15 is 0 Å². The van der Waals surface area contributed by atoms with E-state index in [9.17, 15) is 31.5 Å². The fraction of sp³-hybridized carbons (Fsp3) is 0.556. The molecule has 40 heavy (non-hydrogen) atoms. The minimum absolute atomic E-state index is 0.0955. The van der Waals surface area contributed by atoms with E-state index in [-0.39, 0.29) is 28.3 Å². The van der Waals surface area contributed by atoms with Crippen LogP contribution in [-0.2, 0) is 4.79 Å². The number of hydrogen-bond acceptors (Lipinski definition) is 5. The van der Waals surface area contributed by atoms with Crippen molar-refractivity contribution in [2.75, 3.05) is 43.8 Å². The fourth-order valence-corrected chi connectivity index (χ4v) is 4.24. The highest BCUT2D eigenvalue weighted by atomic mass is 35.5. The standard InChI is InChI=1S/C19H25ClF2N4O2S.C5H8.C3H5F3/c20-16-7-12(1-2-15(16)19(28)23-8-17(21)22)24-13-9-26(10-13)14-3-5-25(6-4-14)18(27)11-29;1-4-5(2)3;1-2-3(4,5)6/h1-2,7,13-14,17,24,29H,3-6,8-11H2,(H,23,28);4H,1-2H2,3H3;2H2,1H3. The normalized spacial score (nSPS) is 16.1. The molecule has 2 N–H and O–H groups in total. The molecule has 0 atom stereocenters. The van der Waals surface area contributed by atoms with E-state index in [0.29, 0.717) is 6.04 Å². The first-order valence-electron chi connectivity index (χ1n) is 12.8. The number of nitrogens with one attached hydrogen (secondary N) is 2.